The number of nitrogens with one attached hydrogen (secondary N) is 1. The molecule has 2 rings (SSSR count). The fraction of sp³-hybridized carbons (Fsp3) is 0.667. The molecule has 1 fully saturated rings. The minimum absolute atomic E-state index is 0.223. The molecule has 0 saturated carbocycles. The summed E-state index contributed by atoms with van der Waals surface area (Å²) >= 11 is 0. The predicted octanol–water partition coefficient (Wildman–Crippen LogP) is 3.75. The molecule has 118 valence electrons. The number of nitrogens with zero attached hydrogens (tertiary/aromatic N) is 1. The standard InChI is InChI=1S/C18H30N2O/c1-5-17-12-11-16(13-20(17)18(2,3)4)19-21-14-15-9-7-6-8-10-15/h6-10,16-17,19H,5,11-14H2,1-4H3/t16-,17+/m1/s1. The zero-order chi connectivity index (χ0) is 15.3. The highest BCUT2D eigenvalue weighted by Crippen LogP contribution is 2.27. The molecule has 1 aromatic rings. The highest BCUT2D eigenvalue weighted by atomic mass is 16.6. The predicted molar refractivity (Wildman–Crippen MR) is 87.9 cm³/mol. The van der Waals surface area contributed by atoms with E-state index in [1.54, 1.807) is 0 Å². The van der Waals surface area contributed by atoms with E-state index in [0.29, 0.717) is 18.7 Å². The maximum atomic E-state index is 5.71. The van der Waals surface area contributed by atoms with Crippen LogP contribution in [0, 0.1) is 0 Å². The van der Waals surface area contributed by atoms with Crippen molar-refractivity contribution in [1.82, 2.24) is 10.4 Å². The van der Waals surface area contributed by atoms with Crippen LogP contribution in [-0.4, -0.2) is 29.1 Å². The highest BCUT2D eigenvalue weighted by Gasteiger charge is 2.33. The molecular formula is C18H30N2O. The maximum absolute atomic E-state index is 5.71. The third-order valence-electron chi connectivity index (χ3n) is 4.37. The summed E-state index contributed by atoms with van der Waals surface area (Å²) < 4.78 is 0. The summed E-state index contributed by atoms with van der Waals surface area (Å²) in [5, 5.41) is 0. The van der Waals surface area contributed by atoms with Gasteiger partial charge >= 0.3 is 0 Å². The number of likely N-dealkylation sites (tertiary alicyclic amines) is 1. The lowest BCUT2D eigenvalue weighted by molar-refractivity contribution is -0.0427. The quantitative estimate of drug-likeness (QED) is 0.836. The van der Waals surface area contributed by atoms with Crippen LogP contribution in [0.2, 0.25) is 0 Å². The van der Waals surface area contributed by atoms with Crippen LogP contribution in [0.3, 0.4) is 0 Å². The van der Waals surface area contributed by atoms with Crippen LogP contribution in [0.15, 0.2) is 30.3 Å². The summed E-state index contributed by atoms with van der Waals surface area (Å²) in [7, 11) is 0. The second-order valence-electron chi connectivity index (χ2n) is 7.05. The van der Waals surface area contributed by atoms with Crippen LogP contribution in [-0.2, 0) is 11.4 Å². The van der Waals surface area contributed by atoms with E-state index in [4.69, 9.17) is 4.84 Å². The molecule has 0 aliphatic carbocycles. The Kier molecular flexibility index (Phi) is 5.80. The molecule has 0 aromatic heterocycles. The van der Waals surface area contributed by atoms with Crippen LogP contribution in [0.4, 0.5) is 0 Å². The van der Waals surface area contributed by atoms with E-state index in [1.165, 1.54) is 24.8 Å². The average Bonchev–Trinajstić information content (AvgIpc) is 2.47. The molecule has 1 N–H and O–H groups in total. The smallest absolute Gasteiger partial charge is 0.0933 e. The fourth-order valence-corrected chi connectivity index (χ4v) is 3.19. The lowest BCUT2D eigenvalue weighted by Gasteiger charge is -2.47. The number of benzene rings is 1. The first-order valence-electron chi connectivity index (χ1n) is 8.18. The van der Waals surface area contributed by atoms with Crippen molar-refractivity contribution in [3.05, 3.63) is 35.9 Å². The minimum atomic E-state index is 0.223. The Labute approximate surface area is 129 Å². The van der Waals surface area contributed by atoms with Crippen molar-refractivity contribution in [2.24, 2.45) is 0 Å². The molecule has 0 bridgehead atoms. The normalized spacial score (nSPS) is 24.2. The van der Waals surface area contributed by atoms with Gasteiger partial charge in [-0.25, -0.2) is 0 Å². The van der Waals surface area contributed by atoms with Gasteiger partial charge in [0.05, 0.1) is 6.61 Å². The Bertz CT molecular complexity index is 413. The van der Waals surface area contributed by atoms with Crippen molar-refractivity contribution < 1.29 is 4.84 Å². The van der Waals surface area contributed by atoms with Gasteiger partial charge in [-0.3, -0.25) is 9.74 Å². The Morgan fingerprint density at radius 1 is 1.19 bits per heavy atom. The molecule has 3 heteroatoms. The van der Waals surface area contributed by atoms with E-state index in [2.05, 4.69) is 50.2 Å². The summed E-state index contributed by atoms with van der Waals surface area (Å²) in [5.74, 6) is 0. The van der Waals surface area contributed by atoms with Crippen LogP contribution in [0.1, 0.15) is 52.5 Å². The summed E-state index contributed by atoms with van der Waals surface area (Å²) in [6.07, 6.45) is 3.68. The first-order valence-corrected chi connectivity index (χ1v) is 8.18. The first-order chi connectivity index (χ1) is 10.0. The summed E-state index contributed by atoms with van der Waals surface area (Å²) in [6.45, 7) is 10.9. The molecule has 2 atom stereocenters. The Hall–Kier alpha value is -0.900. The van der Waals surface area contributed by atoms with Gasteiger partial charge in [0, 0.05) is 24.2 Å². The van der Waals surface area contributed by atoms with E-state index in [0.717, 1.165) is 6.54 Å². The number of hydrogen-bond donors (Lipinski definition) is 1. The molecule has 0 spiro atoms. The van der Waals surface area contributed by atoms with E-state index < -0.39 is 0 Å². The fourth-order valence-electron chi connectivity index (χ4n) is 3.19. The van der Waals surface area contributed by atoms with Crippen molar-refractivity contribution in [2.75, 3.05) is 6.54 Å². The number of rotatable bonds is 5. The number of piperidine rings is 1. The lowest BCUT2D eigenvalue weighted by atomic mass is 9.91. The van der Waals surface area contributed by atoms with Gasteiger partial charge in [-0.05, 0) is 45.6 Å². The van der Waals surface area contributed by atoms with Crippen LogP contribution in [0.5, 0.6) is 0 Å². The zero-order valence-corrected chi connectivity index (χ0v) is 13.9. The van der Waals surface area contributed by atoms with E-state index in [9.17, 15) is 0 Å². The summed E-state index contributed by atoms with van der Waals surface area (Å²) in [4.78, 5) is 8.34. The topological polar surface area (TPSA) is 24.5 Å². The molecule has 1 aliphatic heterocycles. The third kappa shape index (κ3) is 4.80. The minimum Gasteiger partial charge on any atom is -0.297 e. The molecule has 21 heavy (non-hydrogen) atoms. The van der Waals surface area contributed by atoms with Gasteiger partial charge in [0.1, 0.15) is 0 Å². The van der Waals surface area contributed by atoms with Gasteiger partial charge in [0.15, 0.2) is 0 Å². The van der Waals surface area contributed by atoms with Gasteiger partial charge in [-0.1, -0.05) is 37.3 Å². The van der Waals surface area contributed by atoms with E-state index in [1.807, 2.05) is 18.2 Å². The summed E-state index contributed by atoms with van der Waals surface area (Å²) in [5.41, 5.74) is 4.71. The van der Waals surface area contributed by atoms with Gasteiger partial charge in [0.25, 0.3) is 0 Å². The zero-order valence-electron chi connectivity index (χ0n) is 13.9. The number of hydrogen-bond acceptors (Lipinski definition) is 3. The average molecular weight is 290 g/mol. The Morgan fingerprint density at radius 2 is 1.90 bits per heavy atom. The SMILES string of the molecule is CC[C@H]1CC[C@@H](NOCc2ccccc2)CN1C(C)(C)C. The third-order valence-corrected chi connectivity index (χ3v) is 4.37. The Balaban J connectivity index is 1.82. The van der Waals surface area contributed by atoms with Crippen LogP contribution in [0.25, 0.3) is 0 Å². The second kappa shape index (κ2) is 7.39. The van der Waals surface area contributed by atoms with Crippen molar-refractivity contribution in [3.63, 3.8) is 0 Å². The molecule has 1 aliphatic rings. The van der Waals surface area contributed by atoms with Crippen LogP contribution >= 0.6 is 0 Å². The monoisotopic (exact) mass is 290 g/mol. The molecule has 1 aromatic carbocycles. The van der Waals surface area contributed by atoms with Crippen LogP contribution < -0.4 is 5.48 Å². The number of hydroxylamine groups is 1. The van der Waals surface area contributed by atoms with Crippen molar-refractivity contribution >= 4 is 0 Å². The maximum Gasteiger partial charge on any atom is 0.0933 e. The second-order valence-corrected chi connectivity index (χ2v) is 7.05. The lowest BCUT2D eigenvalue weighted by Crippen LogP contribution is -2.57. The molecule has 1 saturated heterocycles. The van der Waals surface area contributed by atoms with E-state index in [-0.39, 0.29) is 5.54 Å². The molecule has 0 amide bonds. The van der Waals surface area contributed by atoms with Gasteiger partial charge in [-0.15, -0.1) is 0 Å². The molecule has 0 unspecified atom stereocenters. The van der Waals surface area contributed by atoms with Gasteiger partial charge in [0.2, 0.25) is 0 Å². The van der Waals surface area contributed by atoms with Gasteiger partial charge < -0.3 is 0 Å². The highest BCUT2D eigenvalue weighted by molar-refractivity contribution is 5.13. The van der Waals surface area contributed by atoms with Gasteiger partial charge in [-0.2, -0.15) is 5.48 Å². The first kappa shape index (κ1) is 16.5. The summed E-state index contributed by atoms with van der Waals surface area (Å²) in [6, 6.07) is 11.4. The Morgan fingerprint density at radius 3 is 2.52 bits per heavy atom. The molecule has 3 nitrogen and oxygen atoms in total. The molecular weight excluding hydrogens is 260 g/mol. The van der Waals surface area contributed by atoms with Crippen molar-refractivity contribution in [2.45, 2.75) is 71.2 Å². The van der Waals surface area contributed by atoms with Crippen molar-refractivity contribution in [1.29, 1.82) is 0 Å². The van der Waals surface area contributed by atoms with Crippen molar-refractivity contribution in [3.8, 4) is 0 Å². The molecule has 0 radical (unpaired) electrons. The van der Waals surface area contributed by atoms with E-state index >= 15 is 0 Å². The largest absolute Gasteiger partial charge is 0.297 e. The molecule has 1 heterocycles.